The van der Waals surface area contributed by atoms with Gasteiger partial charge >= 0.3 is 0 Å². The number of rotatable bonds is 3. The van der Waals surface area contributed by atoms with Crippen LogP contribution in [0.15, 0.2) is 36.4 Å². The fraction of sp³-hybridized carbons (Fsp3) is 0.188. The number of alkyl halides is 1. The summed E-state index contributed by atoms with van der Waals surface area (Å²) in [5, 5.41) is 2.25. The van der Waals surface area contributed by atoms with Crippen LogP contribution < -0.4 is 5.32 Å². The van der Waals surface area contributed by atoms with E-state index in [9.17, 15) is 13.6 Å². The van der Waals surface area contributed by atoms with Crippen LogP contribution in [-0.2, 0) is 17.6 Å². The van der Waals surface area contributed by atoms with Gasteiger partial charge in [0, 0.05) is 5.69 Å². The molecule has 0 fully saturated rings. The number of amides is 1. The molecule has 2 aromatic rings. The second-order valence-electron chi connectivity index (χ2n) is 5.03. The molecule has 1 atom stereocenters. The first kappa shape index (κ1) is 14.0. The second-order valence-corrected chi connectivity index (χ2v) is 5.55. The van der Waals surface area contributed by atoms with Gasteiger partial charge in [-0.2, -0.15) is 0 Å². The van der Waals surface area contributed by atoms with Crippen molar-refractivity contribution in [3.63, 3.8) is 0 Å². The van der Waals surface area contributed by atoms with Crippen molar-refractivity contribution in [2.75, 3.05) is 5.32 Å². The van der Waals surface area contributed by atoms with Gasteiger partial charge in [-0.3, -0.25) is 4.79 Å². The average molecular weight is 308 g/mol. The van der Waals surface area contributed by atoms with Crippen molar-refractivity contribution in [2.24, 2.45) is 0 Å². The SMILES string of the molecule is O=C1Cc2cc(C(Cl)Cc3cccc(F)c3F)ccc2N1. The van der Waals surface area contributed by atoms with E-state index in [1.165, 1.54) is 12.1 Å². The standard InChI is InChI=1S/C16H12ClF2NO/c17-12(7-10-2-1-3-13(18)16(10)19)9-4-5-14-11(6-9)8-15(21)20-14/h1-6,12H,7-8H2,(H,20,21). The van der Waals surface area contributed by atoms with Gasteiger partial charge in [0.15, 0.2) is 11.6 Å². The van der Waals surface area contributed by atoms with E-state index >= 15 is 0 Å². The number of halogens is 3. The summed E-state index contributed by atoms with van der Waals surface area (Å²) in [6, 6.07) is 9.47. The summed E-state index contributed by atoms with van der Waals surface area (Å²) in [6.45, 7) is 0. The highest BCUT2D eigenvalue weighted by Crippen LogP contribution is 2.31. The largest absolute Gasteiger partial charge is 0.326 e. The fourth-order valence-corrected chi connectivity index (χ4v) is 2.76. The van der Waals surface area contributed by atoms with Crippen molar-refractivity contribution in [3.05, 3.63) is 64.7 Å². The molecule has 1 aliphatic heterocycles. The van der Waals surface area contributed by atoms with E-state index in [-0.39, 0.29) is 17.9 Å². The topological polar surface area (TPSA) is 29.1 Å². The lowest BCUT2D eigenvalue weighted by molar-refractivity contribution is -0.115. The third kappa shape index (κ3) is 2.76. The van der Waals surface area contributed by atoms with Gasteiger partial charge in [-0.15, -0.1) is 11.6 Å². The molecule has 5 heteroatoms. The molecule has 1 heterocycles. The van der Waals surface area contributed by atoms with Crippen molar-refractivity contribution in [2.45, 2.75) is 18.2 Å². The maximum Gasteiger partial charge on any atom is 0.228 e. The first-order valence-corrected chi connectivity index (χ1v) is 6.98. The van der Waals surface area contributed by atoms with Crippen molar-refractivity contribution in [3.8, 4) is 0 Å². The molecule has 0 saturated carbocycles. The molecule has 0 aliphatic carbocycles. The molecule has 21 heavy (non-hydrogen) atoms. The molecule has 2 nitrogen and oxygen atoms in total. The van der Waals surface area contributed by atoms with E-state index in [4.69, 9.17) is 11.6 Å². The molecule has 1 unspecified atom stereocenters. The van der Waals surface area contributed by atoms with Crippen LogP contribution in [0.5, 0.6) is 0 Å². The minimum absolute atomic E-state index is 0.0514. The lowest BCUT2D eigenvalue weighted by Crippen LogP contribution is -2.03. The van der Waals surface area contributed by atoms with Crippen LogP contribution in [0.4, 0.5) is 14.5 Å². The van der Waals surface area contributed by atoms with Gasteiger partial charge in [0.25, 0.3) is 0 Å². The van der Waals surface area contributed by atoms with Crippen LogP contribution in [-0.4, -0.2) is 5.91 Å². The first-order chi connectivity index (χ1) is 10.0. The molecule has 0 radical (unpaired) electrons. The third-order valence-electron chi connectivity index (χ3n) is 3.55. The lowest BCUT2D eigenvalue weighted by Gasteiger charge is -2.12. The minimum atomic E-state index is -0.875. The Balaban J connectivity index is 1.83. The number of benzene rings is 2. The van der Waals surface area contributed by atoms with E-state index in [2.05, 4.69) is 5.32 Å². The van der Waals surface area contributed by atoms with Gasteiger partial charge in [0.1, 0.15) is 0 Å². The Labute approximate surface area is 125 Å². The normalized spacial score (nSPS) is 14.7. The Morgan fingerprint density at radius 1 is 1.24 bits per heavy atom. The summed E-state index contributed by atoms with van der Waals surface area (Å²) >= 11 is 6.31. The quantitative estimate of drug-likeness (QED) is 0.854. The summed E-state index contributed by atoms with van der Waals surface area (Å²) < 4.78 is 26.9. The fourth-order valence-electron chi connectivity index (χ4n) is 2.46. The third-order valence-corrected chi connectivity index (χ3v) is 3.95. The highest BCUT2D eigenvalue weighted by molar-refractivity contribution is 6.21. The average Bonchev–Trinajstić information content (AvgIpc) is 2.82. The van der Waals surface area contributed by atoms with E-state index in [0.29, 0.717) is 6.42 Å². The summed E-state index contributed by atoms with van der Waals surface area (Å²) in [5.74, 6) is -1.79. The highest BCUT2D eigenvalue weighted by Gasteiger charge is 2.20. The minimum Gasteiger partial charge on any atom is -0.326 e. The van der Waals surface area contributed by atoms with Crippen molar-refractivity contribution >= 4 is 23.2 Å². The zero-order valence-electron chi connectivity index (χ0n) is 11.0. The number of nitrogens with one attached hydrogen (secondary N) is 1. The first-order valence-electron chi connectivity index (χ1n) is 6.54. The predicted molar refractivity (Wildman–Crippen MR) is 77.4 cm³/mol. The number of anilines is 1. The zero-order chi connectivity index (χ0) is 15.0. The maximum atomic E-state index is 13.7. The number of fused-ring (bicyclic) bond motifs is 1. The molecule has 1 aliphatic rings. The molecule has 3 rings (SSSR count). The van der Waals surface area contributed by atoms with Crippen LogP contribution in [0.1, 0.15) is 22.1 Å². The lowest BCUT2D eigenvalue weighted by atomic mass is 10.0. The smallest absolute Gasteiger partial charge is 0.228 e. The summed E-state index contributed by atoms with van der Waals surface area (Å²) in [4.78, 5) is 11.3. The van der Waals surface area contributed by atoms with E-state index in [1.54, 1.807) is 12.1 Å². The molecule has 0 bridgehead atoms. The number of hydrogen-bond donors (Lipinski definition) is 1. The molecular weight excluding hydrogens is 296 g/mol. The summed E-state index contributed by atoms with van der Waals surface area (Å²) in [7, 11) is 0. The molecule has 0 spiro atoms. The Hall–Kier alpha value is -1.94. The van der Waals surface area contributed by atoms with Crippen LogP contribution in [0.3, 0.4) is 0 Å². The Morgan fingerprint density at radius 2 is 2.05 bits per heavy atom. The van der Waals surface area contributed by atoms with E-state index in [1.807, 2.05) is 6.07 Å². The Kier molecular flexibility index (Phi) is 3.64. The summed E-state index contributed by atoms with van der Waals surface area (Å²) in [5.41, 5.74) is 2.69. The molecular formula is C16H12ClF2NO. The maximum absolute atomic E-state index is 13.7. The van der Waals surface area contributed by atoms with Gasteiger partial charge < -0.3 is 5.32 Å². The molecule has 2 aromatic carbocycles. The van der Waals surface area contributed by atoms with Crippen LogP contribution in [0.25, 0.3) is 0 Å². The van der Waals surface area contributed by atoms with Gasteiger partial charge in [-0.1, -0.05) is 24.3 Å². The van der Waals surface area contributed by atoms with Gasteiger partial charge in [0.2, 0.25) is 5.91 Å². The molecule has 1 N–H and O–H groups in total. The van der Waals surface area contributed by atoms with E-state index in [0.717, 1.165) is 22.9 Å². The van der Waals surface area contributed by atoms with Gasteiger partial charge in [-0.25, -0.2) is 8.78 Å². The van der Waals surface area contributed by atoms with Crippen LogP contribution >= 0.6 is 11.6 Å². The van der Waals surface area contributed by atoms with Crippen LogP contribution in [0, 0.1) is 11.6 Å². The predicted octanol–water partition coefficient (Wildman–Crippen LogP) is 3.98. The van der Waals surface area contributed by atoms with Gasteiger partial charge in [-0.05, 0) is 35.2 Å². The molecule has 108 valence electrons. The number of carbonyl (C=O) groups excluding carboxylic acids is 1. The number of carbonyl (C=O) groups is 1. The molecule has 0 saturated heterocycles. The zero-order valence-corrected chi connectivity index (χ0v) is 11.8. The number of hydrogen-bond acceptors (Lipinski definition) is 1. The Morgan fingerprint density at radius 3 is 2.86 bits per heavy atom. The highest BCUT2D eigenvalue weighted by atomic mass is 35.5. The Bertz CT molecular complexity index is 717. The van der Waals surface area contributed by atoms with Crippen molar-refractivity contribution < 1.29 is 13.6 Å². The molecule has 1 amide bonds. The van der Waals surface area contributed by atoms with Crippen molar-refractivity contribution in [1.82, 2.24) is 0 Å². The van der Waals surface area contributed by atoms with Crippen LogP contribution in [0.2, 0.25) is 0 Å². The summed E-state index contributed by atoms with van der Waals surface area (Å²) in [6.07, 6.45) is 0.506. The second kappa shape index (κ2) is 5.45. The monoisotopic (exact) mass is 307 g/mol. The van der Waals surface area contributed by atoms with Crippen molar-refractivity contribution in [1.29, 1.82) is 0 Å². The van der Waals surface area contributed by atoms with Gasteiger partial charge in [0.05, 0.1) is 11.8 Å². The molecule has 0 aromatic heterocycles. The van der Waals surface area contributed by atoms with E-state index < -0.39 is 17.0 Å².